The van der Waals surface area contributed by atoms with Gasteiger partial charge in [0.1, 0.15) is 11.6 Å². The van der Waals surface area contributed by atoms with Crippen LogP contribution in [0.1, 0.15) is 87.8 Å². The van der Waals surface area contributed by atoms with Crippen LogP contribution < -0.4 is 4.90 Å². The molecule has 1 aromatic carbocycles. The lowest BCUT2D eigenvalue weighted by atomic mass is 9.83. The standard InChI is InChI=1S/C28H35N5O3/c1-17-7-10-23-24(32(17)28(35)36-3)11-12-25-27(23)30-26(13-19-15-29-31(16-19)21-8-9-21)33(25)22-6-4-5-20(14-22)18(2)34/h11-12,15-17,20-22H,4-10,13-14H2,1-3H3/t17-,20+,22+/m0/s1. The molecule has 2 aliphatic carbocycles. The van der Waals surface area contributed by atoms with Gasteiger partial charge < -0.3 is 9.30 Å². The SMILES string of the molecule is COC(=O)N1c2ccc3c(nc(Cc4cnn(C5CC5)c4)n3[C@@H]3CCC[C@@H](C(C)=O)C3)c2CC[C@@H]1C. The molecule has 190 valence electrons. The third-order valence-corrected chi connectivity index (χ3v) is 8.42. The third-order valence-electron chi connectivity index (χ3n) is 8.42. The Bertz CT molecular complexity index is 1320. The number of hydrogen-bond donors (Lipinski definition) is 0. The maximum atomic E-state index is 12.6. The highest BCUT2D eigenvalue weighted by atomic mass is 16.5. The molecule has 3 aromatic rings. The van der Waals surface area contributed by atoms with Crippen LogP contribution >= 0.6 is 0 Å². The zero-order valence-corrected chi connectivity index (χ0v) is 21.4. The molecule has 6 rings (SSSR count). The maximum absolute atomic E-state index is 12.6. The number of ketones is 1. The Morgan fingerprint density at radius 1 is 1.11 bits per heavy atom. The summed E-state index contributed by atoms with van der Waals surface area (Å²) >= 11 is 0. The van der Waals surface area contributed by atoms with Crippen LogP contribution in [0.2, 0.25) is 0 Å². The van der Waals surface area contributed by atoms with E-state index in [1.54, 1.807) is 11.8 Å². The van der Waals surface area contributed by atoms with Crippen molar-refractivity contribution < 1.29 is 14.3 Å². The summed E-state index contributed by atoms with van der Waals surface area (Å²) in [7, 11) is 1.44. The summed E-state index contributed by atoms with van der Waals surface area (Å²) in [6, 6.07) is 5.03. The van der Waals surface area contributed by atoms with Gasteiger partial charge in [0, 0.05) is 36.2 Å². The second-order valence-electron chi connectivity index (χ2n) is 10.9. The number of benzene rings is 1. The molecule has 8 nitrogen and oxygen atoms in total. The molecule has 0 bridgehead atoms. The number of methoxy groups -OCH3 is 1. The number of Topliss-reactive ketones (excluding diaryl/α,β-unsaturated/α-hetero) is 1. The van der Waals surface area contributed by atoms with E-state index in [-0.39, 0.29) is 29.9 Å². The number of fused-ring (bicyclic) bond motifs is 3. The van der Waals surface area contributed by atoms with Crippen molar-refractivity contribution in [2.45, 2.75) is 89.8 Å². The van der Waals surface area contributed by atoms with Crippen LogP contribution in [0.15, 0.2) is 24.5 Å². The molecular weight excluding hydrogens is 454 g/mol. The van der Waals surface area contributed by atoms with Crippen molar-refractivity contribution in [3.05, 3.63) is 41.5 Å². The zero-order chi connectivity index (χ0) is 25.0. The van der Waals surface area contributed by atoms with E-state index in [1.807, 2.05) is 6.20 Å². The van der Waals surface area contributed by atoms with Gasteiger partial charge in [0.15, 0.2) is 0 Å². The van der Waals surface area contributed by atoms with Crippen molar-refractivity contribution >= 4 is 28.6 Å². The Kier molecular flexibility index (Phi) is 5.85. The number of anilines is 1. The fraction of sp³-hybridized carbons (Fsp3) is 0.571. The summed E-state index contributed by atoms with van der Waals surface area (Å²) in [5, 5.41) is 4.60. The quantitative estimate of drug-likeness (QED) is 0.480. The minimum atomic E-state index is -0.327. The predicted octanol–water partition coefficient (Wildman–Crippen LogP) is 5.39. The molecule has 2 saturated carbocycles. The van der Waals surface area contributed by atoms with Gasteiger partial charge in [-0.3, -0.25) is 14.4 Å². The first-order valence-electron chi connectivity index (χ1n) is 13.4. The number of ether oxygens (including phenoxy) is 1. The number of amides is 1. The lowest BCUT2D eigenvalue weighted by Gasteiger charge is -2.34. The highest BCUT2D eigenvalue weighted by Crippen LogP contribution is 2.41. The second-order valence-corrected chi connectivity index (χ2v) is 10.9. The van der Waals surface area contributed by atoms with Crippen LogP contribution in [0.5, 0.6) is 0 Å². The number of hydrogen-bond acceptors (Lipinski definition) is 5. The highest BCUT2D eigenvalue weighted by molar-refractivity contribution is 5.95. The van der Waals surface area contributed by atoms with E-state index in [0.29, 0.717) is 12.5 Å². The average molecular weight is 490 g/mol. The van der Waals surface area contributed by atoms with E-state index in [2.05, 4.69) is 39.6 Å². The summed E-state index contributed by atoms with van der Waals surface area (Å²) in [6.07, 6.45) is 12.6. The molecule has 0 spiro atoms. The van der Waals surface area contributed by atoms with Crippen molar-refractivity contribution in [1.82, 2.24) is 19.3 Å². The van der Waals surface area contributed by atoms with Crippen LogP contribution in [-0.2, 0) is 22.4 Å². The summed E-state index contributed by atoms with van der Waals surface area (Å²) < 4.78 is 9.61. The molecule has 3 heterocycles. The first-order chi connectivity index (χ1) is 17.4. The number of carbonyl (C=O) groups is 2. The first kappa shape index (κ1) is 23.3. The molecule has 36 heavy (non-hydrogen) atoms. The third kappa shape index (κ3) is 4.00. The van der Waals surface area contributed by atoms with E-state index in [1.165, 1.54) is 20.0 Å². The molecule has 3 atom stereocenters. The average Bonchev–Trinajstić information content (AvgIpc) is 3.51. The van der Waals surface area contributed by atoms with Gasteiger partial charge in [0.05, 0.1) is 36.1 Å². The Morgan fingerprint density at radius 2 is 1.94 bits per heavy atom. The van der Waals surface area contributed by atoms with E-state index < -0.39 is 0 Å². The molecule has 0 unspecified atom stereocenters. The summed E-state index contributed by atoms with van der Waals surface area (Å²) in [5.41, 5.74) is 5.26. The van der Waals surface area contributed by atoms with Crippen LogP contribution in [0.4, 0.5) is 10.5 Å². The van der Waals surface area contributed by atoms with Crippen molar-refractivity contribution in [3.63, 3.8) is 0 Å². The molecule has 2 aromatic heterocycles. The lowest BCUT2D eigenvalue weighted by Crippen LogP contribution is -2.42. The molecule has 1 amide bonds. The molecule has 1 aliphatic heterocycles. The van der Waals surface area contributed by atoms with Gasteiger partial charge >= 0.3 is 6.09 Å². The lowest BCUT2D eigenvalue weighted by molar-refractivity contribution is -0.122. The van der Waals surface area contributed by atoms with Gasteiger partial charge in [-0.1, -0.05) is 6.42 Å². The Balaban J connectivity index is 1.46. The highest BCUT2D eigenvalue weighted by Gasteiger charge is 2.34. The predicted molar refractivity (Wildman–Crippen MR) is 137 cm³/mol. The molecule has 8 heteroatoms. The fourth-order valence-corrected chi connectivity index (χ4v) is 6.31. The number of rotatable bonds is 5. The molecule has 0 saturated heterocycles. The van der Waals surface area contributed by atoms with Crippen LogP contribution in [-0.4, -0.2) is 44.4 Å². The van der Waals surface area contributed by atoms with E-state index >= 15 is 0 Å². The minimum absolute atomic E-state index is 0.0758. The summed E-state index contributed by atoms with van der Waals surface area (Å²) in [4.78, 5) is 31.9. The zero-order valence-electron chi connectivity index (χ0n) is 21.4. The minimum Gasteiger partial charge on any atom is -0.452 e. The topological polar surface area (TPSA) is 82.2 Å². The van der Waals surface area contributed by atoms with E-state index in [4.69, 9.17) is 9.72 Å². The van der Waals surface area contributed by atoms with Crippen LogP contribution in [0, 0.1) is 5.92 Å². The Morgan fingerprint density at radius 3 is 2.69 bits per heavy atom. The Hall–Kier alpha value is -3.16. The maximum Gasteiger partial charge on any atom is 0.414 e. The Labute approximate surface area is 211 Å². The van der Waals surface area contributed by atoms with Crippen molar-refractivity contribution in [3.8, 4) is 0 Å². The van der Waals surface area contributed by atoms with Gasteiger partial charge in [-0.2, -0.15) is 5.10 Å². The van der Waals surface area contributed by atoms with Crippen LogP contribution in [0.3, 0.4) is 0 Å². The van der Waals surface area contributed by atoms with Gasteiger partial charge in [-0.05, 0) is 76.5 Å². The van der Waals surface area contributed by atoms with Crippen molar-refractivity contribution in [2.75, 3.05) is 12.0 Å². The number of carbonyl (C=O) groups excluding carboxylic acids is 2. The number of nitrogens with zero attached hydrogens (tertiary/aromatic N) is 5. The van der Waals surface area contributed by atoms with E-state index in [0.717, 1.165) is 72.2 Å². The van der Waals surface area contributed by atoms with Gasteiger partial charge in [-0.15, -0.1) is 0 Å². The van der Waals surface area contributed by atoms with Crippen molar-refractivity contribution in [2.24, 2.45) is 5.92 Å². The summed E-state index contributed by atoms with van der Waals surface area (Å²) in [5.74, 6) is 1.42. The molecular formula is C28H35N5O3. The second kappa shape index (κ2) is 9.05. The van der Waals surface area contributed by atoms with Gasteiger partial charge in [0.25, 0.3) is 0 Å². The van der Waals surface area contributed by atoms with Gasteiger partial charge in [-0.25, -0.2) is 9.78 Å². The molecule has 0 N–H and O–H groups in total. The number of aromatic nitrogens is 4. The fourth-order valence-electron chi connectivity index (χ4n) is 6.31. The van der Waals surface area contributed by atoms with Crippen LogP contribution in [0.25, 0.3) is 11.0 Å². The largest absolute Gasteiger partial charge is 0.452 e. The molecule has 0 radical (unpaired) electrons. The monoisotopic (exact) mass is 489 g/mol. The number of imidazole rings is 1. The van der Waals surface area contributed by atoms with E-state index in [9.17, 15) is 9.59 Å². The van der Waals surface area contributed by atoms with Crippen molar-refractivity contribution in [1.29, 1.82) is 0 Å². The van der Waals surface area contributed by atoms with Gasteiger partial charge in [0.2, 0.25) is 0 Å². The summed E-state index contributed by atoms with van der Waals surface area (Å²) in [6.45, 7) is 3.79. The smallest absolute Gasteiger partial charge is 0.414 e. The first-order valence-corrected chi connectivity index (χ1v) is 13.4. The molecule has 2 fully saturated rings. The molecule has 3 aliphatic rings. The number of aryl methyl sites for hydroxylation is 1. The normalized spacial score (nSPS) is 24.1.